The first-order valence-electron chi connectivity index (χ1n) is 6.15. The first kappa shape index (κ1) is 12.7. The van der Waals surface area contributed by atoms with Crippen molar-refractivity contribution in [2.45, 2.75) is 40.0 Å². The molecule has 0 saturated carbocycles. The third-order valence-electron chi connectivity index (χ3n) is 3.18. The summed E-state index contributed by atoms with van der Waals surface area (Å²) < 4.78 is 0. The van der Waals surface area contributed by atoms with Crippen molar-refractivity contribution in [3.8, 4) is 0 Å². The molecule has 4 heteroatoms. The smallest absolute Gasteiger partial charge is 0.259 e. The second-order valence-corrected chi connectivity index (χ2v) is 5.76. The van der Waals surface area contributed by atoms with E-state index in [1.54, 1.807) is 20.8 Å². The standard InChI is InChI=1S/C14H17NO3/c1-14(2,3)12(17)9-7-8-10(15-13(9)18)5-4-6-11(8)16/h7H,4-6H2,1-3H3,(H,15,18). The number of nitrogens with one attached hydrogen (secondary N) is 1. The second kappa shape index (κ2) is 4.19. The number of H-pyrrole nitrogens is 1. The van der Waals surface area contributed by atoms with Crippen LogP contribution in [-0.2, 0) is 6.42 Å². The van der Waals surface area contributed by atoms with Crippen LogP contribution in [0.2, 0.25) is 0 Å². The Labute approximate surface area is 105 Å². The molecule has 1 heterocycles. The van der Waals surface area contributed by atoms with Gasteiger partial charge in [-0.2, -0.15) is 0 Å². The summed E-state index contributed by atoms with van der Waals surface area (Å²) in [6.07, 6.45) is 1.94. The predicted molar refractivity (Wildman–Crippen MR) is 68.1 cm³/mol. The van der Waals surface area contributed by atoms with Crippen molar-refractivity contribution in [2.24, 2.45) is 5.41 Å². The number of Topliss-reactive ketones (excluding diaryl/α,β-unsaturated/α-hetero) is 2. The molecule has 4 nitrogen and oxygen atoms in total. The summed E-state index contributed by atoms with van der Waals surface area (Å²) in [5.41, 5.74) is 0.258. The Morgan fingerprint density at radius 3 is 2.50 bits per heavy atom. The first-order chi connectivity index (χ1) is 8.30. The number of carbonyl (C=O) groups excluding carboxylic acids is 2. The van der Waals surface area contributed by atoms with Crippen LogP contribution < -0.4 is 5.56 Å². The molecule has 0 unspecified atom stereocenters. The molecule has 1 aromatic heterocycles. The van der Waals surface area contributed by atoms with Crippen LogP contribution in [0.3, 0.4) is 0 Å². The van der Waals surface area contributed by atoms with E-state index >= 15 is 0 Å². The lowest BCUT2D eigenvalue weighted by molar-refractivity contribution is 0.0856. The Morgan fingerprint density at radius 2 is 1.89 bits per heavy atom. The molecule has 0 saturated heterocycles. The lowest BCUT2D eigenvalue weighted by atomic mass is 9.85. The zero-order valence-electron chi connectivity index (χ0n) is 10.9. The predicted octanol–water partition coefficient (Wildman–Crippen LogP) is 2.12. The fourth-order valence-electron chi connectivity index (χ4n) is 2.15. The number of carbonyl (C=O) groups is 2. The van der Waals surface area contributed by atoms with Crippen LogP contribution in [0.1, 0.15) is 60.0 Å². The average Bonchev–Trinajstić information content (AvgIpc) is 2.26. The van der Waals surface area contributed by atoms with Crippen LogP contribution in [0.25, 0.3) is 0 Å². The van der Waals surface area contributed by atoms with Crippen molar-refractivity contribution < 1.29 is 9.59 Å². The topological polar surface area (TPSA) is 67.0 Å². The Bertz CT molecular complexity index is 576. The van der Waals surface area contributed by atoms with Crippen LogP contribution in [0, 0.1) is 5.41 Å². The van der Waals surface area contributed by atoms with Gasteiger partial charge in [0.25, 0.3) is 5.56 Å². The molecule has 1 aliphatic rings. The second-order valence-electron chi connectivity index (χ2n) is 5.76. The molecule has 0 amide bonds. The number of aromatic nitrogens is 1. The molecule has 2 rings (SSSR count). The lowest BCUT2D eigenvalue weighted by Crippen LogP contribution is -2.30. The van der Waals surface area contributed by atoms with Gasteiger partial charge in [0.2, 0.25) is 0 Å². The van der Waals surface area contributed by atoms with E-state index in [1.165, 1.54) is 6.07 Å². The van der Waals surface area contributed by atoms with E-state index in [0.29, 0.717) is 24.1 Å². The highest BCUT2D eigenvalue weighted by molar-refractivity contribution is 6.03. The summed E-state index contributed by atoms with van der Waals surface area (Å²) in [6.45, 7) is 5.28. The molecule has 18 heavy (non-hydrogen) atoms. The van der Waals surface area contributed by atoms with Crippen molar-refractivity contribution in [3.63, 3.8) is 0 Å². The molecule has 0 fully saturated rings. The molecule has 0 aliphatic heterocycles. The minimum Gasteiger partial charge on any atom is -0.325 e. The average molecular weight is 247 g/mol. The van der Waals surface area contributed by atoms with Gasteiger partial charge in [-0.15, -0.1) is 0 Å². The van der Waals surface area contributed by atoms with Crippen LogP contribution in [0.15, 0.2) is 10.9 Å². The fraction of sp³-hybridized carbons (Fsp3) is 0.500. The van der Waals surface area contributed by atoms with Gasteiger partial charge in [-0.3, -0.25) is 14.4 Å². The molecule has 0 atom stereocenters. The van der Waals surface area contributed by atoms with Crippen LogP contribution in [0.5, 0.6) is 0 Å². The third kappa shape index (κ3) is 2.15. The van der Waals surface area contributed by atoms with Gasteiger partial charge in [-0.25, -0.2) is 0 Å². The van der Waals surface area contributed by atoms with Crippen molar-refractivity contribution >= 4 is 11.6 Å². The Kier molecular flexibility index (Phi) is 2.97. The Balaban J connectivity index is 2.58. The molecule has 0 spiro atoms. The van der Waals surface area contributed by atoms with E-state index in [9.17, 15) is 14.4 Å². The van der Waals surface area contributed by atoms with Gasteiger partial charge in [0.05, 0.1) is 5.56 Å². The molecular formula is C14H17NO3. The first-order valence-corrected chi connectivity index (χ1v) is 6.15. The van der Waals surface area contributed by atoms with Gasteiger partial charge in [0, 0.05) is 23.1 Å². The number of hydrogen-bond acceptors (Lipinski definition) is 3. The number of fused-ring (bicyclic) bond motifs is 1. The quantitative estimate of drug-likeness (QED) is 0.773. The fourth-order valence-corrected chi connectivity index (χ4v) is 2.15. The van der Waals surface area contributed by atoms with E-state index in [0.717, 1.165) is 6.42 Å². The van der Waals surface area contributed by atoms with Crippen molar-refractivity contribution in [1.82, 2.24) is 4.98 Å². The maximum absolute atomic E-state index is 12.1. The highest BCUT2D eigenvalue weighted by Crippen LogP contribution is 2.23. The number of rotatable bonds is 1. The summed E-state index contributed by atoms with van der Waals surface area (Å²) in [5, 5.41) is 0. The molecule has 0 bridgehead atoms. The van der Waals surface area contributed by atoms with Gasteiger partial charge < -0.3 is 4.98 Å². The van der Waals surface area contributed by atoms with Crippen molar-refractivity contribution in [3.05, 3.63) is 33.2 Å². The third-order valence-corrected chi connectivity index (χ3v) is 3.18. The highest BCUT2D eigenvalue weighted by atomic mass is 16.1. The van der Waals surface area contributed by atoms with Gasteiger partial charge in [-0.1, -0.05) is 20.8 Å². The lowest BCUT2D eigenvalue weighted by Gasteiger charge is -2.19. The SMILES string of the molecule is CC(C)(C)C(=O)c1cc2c([nH]c1=O)CCCC2=O. The number of aryl methyl sites for hydroxylation is 1. The van der Waals surface area contributed by atoms with Crippen molar-refractivity contribution in [1.29, 1.82) is 0 Å². The number of pyridine rings is 1. The Morgan fingerprint density at radius 1 is 1.22 bits per heavy atom. The minimum atomic E-state index is -0.626. The summed E-state index contributed by atoms with van der Waals surface area (Å²) in [4.78, 5) is 38.5. The summed E-state index contributed by atoms with van der Waals surface area (Å²) in [6, 6.07) is 1.48. The summed E-state index contributed by atoms with van der Waals surface area (Å²) in [7, 11) is 0. The zero-order chi connectivity index (χ0) is 13.5. The Hall–Kier alpha value is -1.71. The van der Waals surface area contributed by atoms with Crippen LogP contribution in [-0.4, -0.2) is 16.6 Å². The number of aromatic amines is 1. The molecule has 1 aliphatic carbocycles. The van der Waals surface area contributed by atoms with Crippen LogP contribution >= 0.6 is 0 Å². The number of hydrogen-bond donors (Lipinski definition) is 1. The normalized spacial score (nSPS) is 15.4. The zero-order valence-corrected chi connectivity index (χ0v) is 10.9. The van der Waals surface area contributed by atoms with Crippen molar-refractivity contribution in [2.75, 3.05) is 0 Å². The van der Waals surface area contributed by atoms with Crippen LogP contribution in [0.4, 0.5) is 0 Å². The van der Waals surface area contributed by atoms with Gasteiger partial charge in [-0.05, 0) is 18.9 Å². The van der Waals surface area contributed by atoms with Gasteiger partial charge >= 0.3 is 0 Å². The highest BCUT2D eigenvalue weighted by Gasteiger charge is 2.28. The van der Waals surface area contributed by atoms with E-state index < -0.39 is 5.41 Å². The van der Waals surface area contributed by atoms with E-state index in [1.807, 2.05) is 0 Å². The molecule has 96 valence electrons. The largest absolute Gasteiger partial charge is 0.325 e. The summed E-state index contributed by atoms with van der Waals surface area (Å²) >= 11 is 0. The molecule has 0 radical (unpaired) electrons. The van der Waals surface area contributed by atoms with E-state index in [-0.39, 0.29) is 22.7 Å². The minimum absolute atomic E-state index is 0.00968. The molecule has 0 aromatic carbocycles. The maximum Gasteiger partial charge on any atom is 0.259 e. The molecule has 1 N–H and O–H groups in total. The maximum atomic E-state index is 12.1. The molecule has 1 aromatic rings. The monoisotopic (exact) mass is 247 g/mol. The van der Waals surface area contributed by atoms with E-state index in [4.69, 9.17) is 0 Å². The summed E-state index contributed by atoms with van der Waals surface area (Å²) in [5.74, 6) is -0.222. The van der Waals surface area contributed by atoms with E-state index in [2.05, 4.69) is 4.98 Å². The molecular weight excluding hydrogens is 230 g/mol. The van der Waals surface area contributed by atoms with Gasteiger partial charge in [0.15, 0.2) is 11.6 Å². The number of ketones is 2. The van der Waals surface area contributed by atoms with Gasteiger partial charge in [0.1, 0.15) is 0 Å².